The van der Waals surface area contributed by atoms with Crippen LogP contribution in [0.15, 0.2) is 36.5 Å². The molecule has 1 aliphatic heterocycles. The Bertz CT molecular complexity index is 1530. The molecule has 44 heavy (non-hydrogen) atoms. The molecule has 0 bridgehead atoms. The van der Waals surface area contributed by atoms with Crippen molar-refractivity contribution in [2.75, 3.05) is 24.6 Å². The fourth-order valence-electron chi connectivity index (χ4n) is 6.56. The van der Waals surface area contributed by atoms with Crippen LogP contribution in [0.1, 0.15) is 70.5 Å². The quantitative estimate of drug-likeness (QED) is 0.155. The second kappa shape index (κ2) is 14.5. The molecule has 1 saturated heterocycles. The highest BCUT2D eigenvalue weighted by Crippen LogP contribution is 2.34. The Morgan fingerprint density at radius 1 is 1.14 bits per heavy atom. The lowest BCUT2D eigenvalue weighted by molar-refractivity contribution is -0.139. The molecule has 1 unspecified atom stereocenters. The topological polar surface area (TPSA) is 143 Å². The minimum Gasteiger partial charge on any atom is -0.481 e. The van der Waals surface area contributed by atoms with Crippen LogP contribution in [-0.2, 0) is 27.3 Å². The van der Waals surface area contributed by atoms with E-state index in [9.17, 15) is 14.4 Å². The number of hydrogen-bond donors (Lipinski definition) is 3. The van der Waals surface area contributed by atoms with E-state index in [4.69, 9.17) is 15.8 Å². The van der Waals surface area contributed by atoms with Gasteiger partial charge in [0.2, 0.25) is 11.8 Å². The molecule has 3 heterocycles. The molecule has 1 saturated carbocycles. The number of amides is 2. The van der Waals surface area contributed by atoms with Gasteiger partial charge in [0.15, 0.2) is 5.82 Å². The molecule has 0 spiro atoms. The number of nitrogens with zero attached hydrogens (tertiary/aromatic N) is 4. The number of allylic oxidation sites excluding steroid dienone is 1. The molecule has 10 nitrogen and oxygen atoms in total. The first kappa shape index (κ1) is 31.8. The van der Waals surface area contributed by atoms with Crippen molar-refractivity contribution < 1.29 is 19.5 Å². The van der Waals surface area contributed by atoms with E-state index >= 15 is 0 Å². The number of anilines is 1. The number of unbranched alkanes of at least 4 members (excludes halogenated alkanes) is 2. The summed E-state index contributed by atoms with van der Waals surface area (Å²) in [5, 5.41) is 13.0. The number of benzene rings is 1. The van der Waals surface area contributed by atoms with Gasteiger partial charge in [-0.25, -0.2) is 9.97 Å². The highest BCUT2D eigenvalue weighted by Gasteiger charge is 2.40. The maximum absolute atomic E-state index is 12.7. The Morgan fingerprint density at radius 3 is 2.66 bits per heavy atom. The molecule has 2 fully saturated rings. The zero-order chi connectivity index (χ0) is 31.2. The number of rotatable bonds is 15. The third kappa shape index (κ3) is 7.20. The zero-order valence-corrected chi connectivity index (χ0v) is 26.4. The van der Waals surface area contributed by atoms with Gasteiger partial charge >= 0.3 is 5.97 Å². The summed E-state index contributed by atoms with van der Waals surface area (Å²) in [6.07, 6.45) is 9.04. The largest absolute Gasteiger partial charge is 0.481 e. The fourth-order valence-corrected chi connectivity index (χ4v) is 7.43. The van der Waals surface area contributed by atoms with E-state index in [1.165, 1.54) is 4.90 Å². The number of aryl methyl sites for hydroxylation is 2. The second-order valence-corrected chi connectivity index (χ2v) is 13.3. The SMILES string of the molecule is C=C(NCCCCn1c(CCCC)nc2c(N)nc3ccccc3c21)[C@H]1CC[C@H](CN2C(=O)CC(SCC(=O)O)C2=O)CC1. The van der Waals surface area contributed by atoms with E-state index in [-0.39, 0.29) is 29.9 Å². The summed E-state index contributed by atoms with van der Waals surface area (Å²) >= 11 is 1.05. The highest BCUT2D eigenvalue weighted by molar-refractivity contribution is 8.01. The van der Waals surface area contributed by atoms with Gasteiger partial charge in [-0.2, -0.15) is 0 Å². The van der Waals surface area contributed by atoms with Crippen LogP contribution >= 0.6 is 11.8 Å². The van der Waals surface area contributed by atoms with Crippen LogP contribution < -0.4 is 11.1 Å². The van der Waals surface area contributed by atoms with E-state index in [1.807, 2.05) is 18.2 Å². The molecule has 1 aromatic carbocycles. The van der Waals surface area contributed by atoms with Crippen molar-refractivity contribution >= 4 is 57.3 Å². The number of nitrogens with one attached hydrogen (secondary N) is 1. The van der Waals surface area contributed by atoms with Gasteiger partial charge in [-0.1, -0.05) is 38.1 Å². The molecule has 4 N–H and O–H groups in total. The number of para-hydroxylation sites is 1. The first-order valence-electron chi connectivity index (χ1n) is 15.9. The number of hydrogen-bond acceptors (Lipinski definition) is 8. The minimum absolute atomic E-state index is 0.103. The Hall–Kier alpha value is -3.60. The second-order valence-electron chi connectivity index (χ2n) is 12.1. The fraction of sp³-hybridized carbons (Fsp3) is 0.545. The number of aliphatic carboxylic acids is 1. The molecule has 2 amide bonds. The van der Waals surface area contributed by atoms with Crippen molar-refractivity contribution in [2.24, 2.45) is 11.8 Å². The van der Waals surface area contributed by atoms with Crippen LogP contribution in [0, 0.1) is 11.8 Å². The number of carboxylic acid groups (broad SMARTS) is 1. The van der Waals surface area contributed by atoms with Crippen LogP contribution in [0.25, 0.3) is 21.9 Å². The van der Waals surface area contributed by atoms with Gasteiger partial charge < -0.3 is 20.7 Å². The van der Waals surface area contributed by atoms with Gasteiger partial charge in [0.25, 0.3) is 0 Å². The minimum atomic E-state index is -0.971. The number of likely N-dealkylation sites (tertiary alicyclic amines) is 1. The summed E-state index contributed by atoms with van der Waals surface area (Å²) < 4.78 is 2.35. The summed E-state index contributed by atoms with van der Waals surface area (Å²) in [6, 6.07) is 8.13. The molecule has 3 aromatic rings. The van der Waals surface area contributed by atoms with Gasteiger partial charge in [0.1, 0.15) is 11.3 Å². The maximum Gasteiger partial charge on any atom is 0.313 e. The van der Waals surface area contributed by atoms with Crippen LogP contribution in [-0.4, -0.2) is 66.4 Å². The Labute approximate surface area is 262 Å². The van der Waals surface area contributed by atoms with E-state index in [0.717, 1.165) is 116 Å². The van der Waals surface area contributed by atoms with E-state index in [0.29, 0.717) is 18.3 Å². The number of pyridine rings is 1. The van der Waals surface area contributed by atoms with Crippen molar-refractivity contribution in [1.29, 1.82) is 0 Å². The van der Waals surface area contributed by atoms with Gasteiger partial charge in [0, 0.05) is 43.6 Å². The lowest BCUT2D eigenvalue weighted by Crippen LogP contribution is -2.37. The monoisotopic (exact) mass is 620 g/mol. The summed E-state index contributed by atoms with van der Waals surface area (Å²) in [7, 11) is 0. The van der Waals surface area contributed by atoms with E-state index in [2.05, 4.69) is 34.4 Å². The van der Waals surface area contributed by atoms with Crippen LogP contribution in [0.2, 0.25) is 0 Å². The number of imide groups is 1. The molecular weight excluding hydrogens is 576 g/mol. The molecule has 2 aliphatic rings. The average molecular weight is 621 g/mol. The predicted molar refractivity (Wildman–Crippen MR) is 175 cm³/mol. The number of carboxylic acids is 1. The van der Waals surface area contributed by atoms with Crippen molar-refractivity contribution in [2.45, 2.75) is 82.9 Å². The van der Waals surface area contributed by atoms with E-state index < -0.39 is 11.2 Å². The number of thioether (sulfide) groups is 1. The Kier molecular flexibility index (Phi) is 10.5. The molecular formula is C33H44N6O4S. The smallest absolute Gasteiger partial charge is 0.313 e. The zero-order valence-electron chi connectivity index (χ0n) is 25.6. The molecule has 1 atom stereocenters. The number of nitrogen functional groups attached to an aromatic ring is 1. The highest BCUT2D eigenvalue weighted by atomic mass is 32.2. The van der Waals surface area contributed by atoms with Crippen LogP contribution in [0.3, 0.4) is 0 Å². The maximum atomic E-state index is 12.7. The lowest BCUT2D eigenvalue weighted by atomic mass is 9.80. The van der Waals surface area contributed by atoms with Gasteiger partial charge in [-0.15, -0.1) is 11.8 Å². The molecule has 5 rings (SSSR count). The number of carbonyl (C=O) groups excluding carboxylic acids is 2. The average Bonchev–Trinajstić information content (AvgIpc) is 3.51. The van der Waals surface area contributed by atoms with Crippen LogP contribution in [0.5, 0.6) is 0 Å². The first-order chi connectivity index (χ1) is 21.3. The number of imidazole rings is 1. The molecule has 2 aromatic heterocycles. The molecule has 0 radical (unpaired) electrons. The third-order valence-electron chi connectivity index (χ3n) is 8.99. The molecule has 11 heteroatoms. The van der Waals surface area contributed by atoms with Crippen molar-refractivity contribution in [1.82, 2.24) is 24.8 Å². The Morgan fingerprint density at radius 2 is 1.91 bits per heavy atom. The van der Waals surface area contributed by atoms with Crippen molar-refractivity contribution in [3.8, 4) is 0 Å². The van der Waals surface area contributed by atoms with Gasteiger partial charge in [-0.05, 0) is 62.8 Å². The van der Waals surface area contributed by atoms with Crippen molar-refractivity contribution in [3.63, 3.8) is 0 Å². The number of nitrogens with two attached hydrogens (primary N) is 1. The van der Waals surface area contributed by atoms with Crippen LogP contribution in [0.4, 0.5) is 5.82 Å². The van der Waals surface area contributed by atoms with Crippen molar-refractivity contribution in [3.05, 3.63) is 42.4 Å². The third-order valence-corrected chi connectivity index (χ3v) is 10.2. The normalized spacial score (nSPS) is 20.6. The van der Waals surface area contributed by atoms with Gasteiger partial charge in [-0.3, -0.25) is 19.3 Å². The Balaban J connectivity index is 1.09. The standard InChI is InChI=1S/C33H44N6O4S/c1-3-4-11-27-37-30-31(24-9-5-6-10-25(24)36-32(30)34)38(27)17-8-7-16-35-21(2)23-14-12-22(13-15-23)19-39-28(40)18-26(33(39)43)44-20-29(41)42/h5-6,9-10,22-23,26,35H,2-4,7-8,11-20H2,1H3,(H2,34,36)(H,41,42)/t22-,23-,26?. The predicted octanol–water partition coefficient (Wildman–Crippen LogP) is 5.14. The number of carbonyl (C=O) groups is 3. The summed E-state index contributed by atoms with van der Waals surface area (Å²) in [6.45, 7) is 8.69. The summed E-state index contributed by atoms with van der Waals surface area (Å²) in [5.74, 6) is 0.680. The molecule has 1 aliphatic carbocycles. The summed E-state index contributed by atoms with van der Waals surface area (Å²) in [5.41, 5.74) is 10.2. The lowest BCUT2D eigenvalue weighted by Gasteiger charge is -2.32. The molecule has 236 valence electrons. The van der Waals surface area contributed by atoms with E-state index in [1.54, 1.807) is 0 Å². The van der Waals surface area contributed by atoms with Gasteiger partial charge in [0.05, 0.1) is 22.0 Å². The number of aromatic nitrogens is 3. The first-order valence-corrected chi connectivity index (χ1v) is 16.9. The number of fused-ring (bicyclic) bond motifs is 3. The summed E-state index contributed by atoms with van der Waals surface area (Å²) in [4.78, 5) is 46.9.